The number of benzene rings is 2. The Kier molecular flexibility index (Phi) is 6.16. The third kappa shape index (κ3) is 4.90. The number of ether oxygens (including phenoxy) is 1. The molecule has 1 N–H and O–H groups in total. The fourth-order valence-electron chi connectivity index (χ4n) is 3.17. The van der Waals surface area contributed by atoms with Gasteiger partial charge in [0.25, 0.3) is 5.69 Å². The van der Waals surface area contributed by atoms with Gasteiger partial charge in [-0.2, -0.15) is 0 Å². The summed E-state index contributed by atoms with van der Waals surface area (Å²) in [7, 11) is 0. The molecule has 1 unspecified atom stereocenters. The van der Waals surface area contributed by atoms with E-state index in [4.69, 9.17) is 4.74 Å². The Balaban J connectivity index is 1.89. The van der Waals surface area contributed by atoms with Crippen LogP contribution in [0, 0.1) is 10.1 Å². The van der Waals surface area contributed by atoms with Crippen LogP contribution in [0.1, 0.15) is 28.9 Å². The number of morpholine rings is 1. The molecule has 7 nitrogen and oxygen atoms in total. The molecule has 1 aliphatic rings. The summed E-state index contributed by atoms with van der Waals surface area (Å²) >= 11 is 0. The summed E-state index contributed by atoms with van der Waals surface area (Å²) in [6.07, 6.45) is 0. The highest BCUT2D eigenvalue weighted by Gasteiger charge is 2.22. The molecular formula is C20H23N3O4. The Bertz CT molecular complexity index is 804. The van der Waals surface area contributed by atoms with E-state index in [-0.39, 0.29) is 17.5 Å². The van der Waals surface area contributed by atoms with Crippen molar-refractivity contribution in [3.05, 3.63) is 69.8 Å². The summed E-state index contributed by atoms with van der Waals surface area (Å²) in [5, 5.41) is 14.9. The third-order valence-electron chi connectivity index (χ3n) is 4.68. The van der Waals surface area contributed by atoms with Crippen LogP contribution in [0.15, 0.2) is 48.5 Å². The summed E-state index contributed by atoms with van der Waals surface area (Å²) in [4.78, 5) is 24.9. The summed E-state index contributed by atoms with van der Waals surface area (Å²) < 4.78 is 5.41. The summed E-state index contributed by atoms with van der Waals surface area (Å²) in [6, 6.07) is 14.3. The van der Waals surface area contributed by atoms with Gasteiger partial charge in [-0.3, -0.25) is 19.8 Å². The lowest BCUT2D eigenvalue weighted by Gasteiger charge is -2.31. The van der Waals surface area contributed by atoms with E-state index in [1.165, 1.54) is 13.0 Å². The minimum atomic E-state index is -0.453. The van der Waals surface area contributed by atoms with Gasteiger partial charge >= 0.3 is 0 Å². The molecule has 7 heteroatoms. The first-order chi connectivity index (χ1) is 13.0. The maximum absolute atomic E-state index is 11.6. The number of hydrogen-bond donors (Lipinski definition) is 1. The predicted molar refractivity (Wildman–Crippen MR) is 103 cm³/mol. The number of nitrogens with one attached hydrogen (secondary N) is 1. The number of rotatable bonds is 7. The SMILES string of the molecule is CC(=O)c1ccc(NC(CN2CCOCC2)c2ccccc2)c([N+](=O)[O-])c1. The molecule has 2 aromatic rings. The number of ketones is 1. The smallest absolute Gasteiger partial charge is 0.293 e. The molecule has 0 aliphatic carbocycles. The highest BCUT2D eigenvalue weighted by molar-refractivity contribution is 5.95. The van der Waals surface area contributed by atoms with Crippen LogP contribution in [-0.4, -0.2) is 48.5 Å². The number of nitro groups is 1. The van der Waals surface area contributed by atoms with Gasteiger partial charge in [-0.15, -0.1) is 0 Å². The molecule has 27 heavy (non-hydrogen) atoms. The number of Topliss-reactive ketones (excluding diaryl/α,β-unsaturated/α-hetero) is 1. The standard InChI is InChI=1S/C20H23N3O4/c1-15(24)17-7-8-18(20(13-17)23(25)26)21-19(16-5-3-2-4-6-16)14-22-9-11-27-12-10-22/h2-8,13,19,21H,9-12,14H2,1H3. The second-order valence-electron chi connectivity index (χ2n) is 6.57. The summed E-state index contributed by atoms with van der Waals surface area (Å²) in [6.45, 7) is 5.15. The van der Waals surface area contributed by atoms with Crippen molar-refractivity contribution in [2.45, 2.75) is 13.0 Å². The summed E-state index contributed by atoms with van der Waals surface area (Å²) in [5.74, 6) is -0.197. The molecule has 1 aliphatic heterocycles. The average Bonchev–Trinajstić information content (AvgIpc) is 2.69. The van der Waals surface area contributed by atoms with E-state index < -0.39 is 4.92 Å². The van der Waals surface area contributed by atoms with Gasteiger partial charge in [-0.1, -0.05) is 30.3 Å². The van der Waals surface area contributed by atoms with Crippen LogP contribution in [0.4, 0.5) is 11.4 Å². The fourth-order valence-corrected chi connectivity index (χ4v) is 3.17. The van der Waals surface area contributed by atoms with Crippen LogP contribution in [0.2, 0.25) is 0 Å². The van der Waals surface area contributed by atoms with Crippen molar-refractivity contribution in [3.8, 4) is 0 Å². The molecule has 0 saturated carbocycles. The predicted octanol–water partition coefficient (Wildman–Crippen LogP) is 3.28. The van der Waals surface area contributed by atoms with Gasteiger partial charge in [-0.25, -0.2) is 0 Å². The van der Waals surface area contributed by atoms with Crippen LogP contribution >= 0.6 is 0 Å². The molecule has 0 bridgehead atoms. The normalized spacial score (nSPS) is 15.9. The molecule has 1 saturated heterocycles. The van der Waals surface area contributed by atoms with E-state index in [1.54, 1.807) is 12.1 Å². The van der Waals surface area contributed by atoms with E-state index in [0.29, 0.717) is 31.0 Å². The maximum Gasteiger partial charge on any atom is 0.293 e. The maximum atomic E-state index is 11.6. The van der Waals surface area contributed by atoms with Crippen LogP contribution in [0.5, 0.6) is 0 Å². The molecule has 1 heterocycles. The average molecular weight is 369 g/mol. The highest BCUT2D eigenvalue weighted by atomic mass is 16.6. The van der Waals surface area contributed by atoms with E-state index in [9.17, 15) is 14.9 Å². The third-order valence-corrected chi connectivity index (χ3v) is 4.68. The number of hydrogen-bond acceptors (Lipinski definition) is 6. The van der Waals surface area contributed by atoms with Crippen molar-refractivity contribution in [2.75, 3.05) is 38.2 Å². The van der Waals surface area contributed by atoms with Crippen molar-refractivity contribution in [2.24, 2.45) is 0 Å². The van der Waals surface area contributed by atoms with Crippen LogP contribution in [-0.2, 0) is 4.74 Å². The molecule has 1 fully saturated rings. The van der Waals surface area contributed by atoms with Gasteiger partial charge in [0, 0.05) is 31.3 Å². The summed E-state index contributed by atoms with van der Waals surface area (Å²) in [5.41, 5.74) is 1.70. The van der Waals surface area contributed by atoms with E-state index in [1.807, 2.05) is 30.3 Å². The molecule has 3 rings (SSSR count). The van der Waals surface area contributed by atoms with E-state index in [0.717, 1.165) is 18.7 Å². The van der Waals surface area contributed by atoms with Crippen LogP contribution in [0.3, 0.4) is 0 Å². The van der Waals surface area contributed by atoms with Crippen molar-refractivity contribution in [1.29, 1.82) is 0 Å². The number of carbonyl (C=O) groups excluding carboxylic acids is 1. The Morgan fingerprint density at radius 1 is 1.22 bits per heavy atom. The minimum Gasteiger partial charge on any atom is -0.379 e. The number of carbonyl (C=O) groups is 1. The van der Waals surface area contributed by atoms with E-state index in [2.05, 4.69) is 10.2 Å². The quantitative estimate of drug-likeness (QED) is 0.458. The lowest BCUT2D eigenvalue weighted by molar-refractivity contribution is -0.384. The van der Waals surface area contributed by atoms with Gasteiger partial charge in [0.15, 0.2) is 5.78 Å². The lowest BCUT2D eigenvalue weighted by atomic mass is 10.0. The zero-order valence-electron chi connectivity index (χ0n) is 15.3. The second kappa shape index (κ2) is 8.75. The van der Waals surface area contributed by atoms with Gasteiger partial charge < -0.3 is 10.1 Å². The fraction of sp³-hybridized carbons (Fsp3) is 0.350. The van der Waals surface area contributed by atoms with Crippen molar-refractivity contribution in [3.63, 3.8) is 0 Å². The Morgan fingerprint density at radius 2 is 1.93 bits per heavy atom. The second-order valence-corrected chi connectivity index (χ2v) is 6.57. The van der Waals surface area contributed by atoms with Crippen molar-refractivity contribution < 1.29 is 14.5 Å². The van der Waals surface area contributed by atoms with Gasteiger partial charge in [0.05, 0.1) is 24.2 Å². The molecule has 0 aromatic heterocycles. The number of nitrogens with zero attached hydrogens (tertiary/aromatic N) is 2. The minimum absolute atomic E-state index is 0.0920. The zero-order valence-corrected chi connectivity index (χ0v) is 15.3. The molecule has 1 atom stereocenters. The Labute approximate surface area is 158 Å². The number of nitro benzene ring substituents is 1. The highest BCUT2D eigenvalue weighted by Crippen LogP contribution is 2.30. The lowest BCUT2D eigenvalue weighted by Crippen LogP contribution is -2.40. The van der Waals surface area contributed by atoms with Crippen LogP contribution < -0.4 is 5.32 Å². The van der Waals surface area contributed by atoms with Crippen molar-refractivity contribution in [1.82, 2.24) is 4.90 Å². The largest absolute Gasteiger partial charge is 0.379 e. The zero-order chi connectivity index (χ0) is 19.2. The topological polar surface area (TPSA) is 84.7 Å². The monoisotopic (exact) mass is 369 g/mol. The Morgan fingerprint density at radius 3 is 2.56 bits per heavy atom. The van der Waals surface area contributed by atoms with E-state index >= 15 is 0 Å². The molecule has 0 radical (unpaired) electrons. The first-order valence-electron chi connectivity index (χ1n) is 8.95. The molecule has 2 aromatic carbocycles. The van der Waals surface area contributed by atoms with Gasteiger partial charge in [0.2, 0.25) is 0 Å². The first-order valence-corrected chi connectivity index (χ1v) is 8.95. The Hall–Kier alpha value is -2.77. The molecule has 142 valence electrons. The van der Waals surface area contributed by atoms with Gasteiger partial charge in [-0.05, 0) is 24.6 Å². The van der Waals surface area contributed by atoms with Crippen molar-refractivity contribution >= 4 is 17.2 Å². The number of anilines is 1. The molecular weight excluding hydrogens is 346 g/mol. The molecule has 0 spiro atoms. The first kappa shape index (κ1) is 19.0. The van der Waals surface area contributed by atoms with Gasteiger partial charge in [0.1, 0.15) is 5.69 Å². The van der Waals surface area contributed by atoms with Crippen LogP contribution in [0.25, 0.3) is 0 Å². The molecule has 0 amide bonds.